The number of carbonyl (C=O) groups excluding carboxylic acids is 4. The quantitative estimate of drug-likeness (QED) is 0.600. The number of ether oxygens (including phenoxy) is 2. The van der Waals surface area contributed by atoms with Gasteiger partial charge in [0.1, 0.15) is 11.8 Å². The Balaban J connectivity index is 2.68. The van der Waals surface area contributed by atoms with E-state index in [9.17, 15) is 19.2 Å². The third-order valence-electron chi connectivity index (χ3n) is 3.17. The van der Waals surface area contributed by atoms with Crippen molar-refractivity contribution in [3.05, 3.63) is 29.8 Å². The number of hydrogen-bond donors (Lipinski definition) is 3. The third-order valence-corrected chi connectivity index (χ3v) is 3.17. The van der Waals surface area contributed by atoms with Crippen molar-refractivity contribution in [2.45, 2.75) is 19.9 Å². The van der Waals surface area contributed by atoms with Gasteiger partial charge in [-0.05, 0) is 30.2 Å². The van der Waals surface area contributed by atoms with Gasteiger partial charge in [-0.2, -0.15) is 0 Å². The molecule has 0 unspecified atom stereocenters. The zero-order valence-corrected chi connectivity index (χ0v) is 14.2. The van der Waals surface area contributed by atoms with Crippen LogP contribution in [0.3, 0.4) is 0 Å². The summed E-state index contributed by atoms with van der Waals surface area (Å²) in [5.74, 6) is -1.81. The second-order valence-corrected chi connectivity index (χ2v) is 5.44. The van der Waals surface area contributed by atoms with Crippen molar-refractivity contribution in [2.75, 3.05) is 13.7 Å². The minimum absolute atomic E-state index is 0.283. The lowest BCUT2D eigenvalue weighted by molar-refractivity contribution is -0.151. The van der Waals surface area contributed by atoms with Crippen molar-refractivity contribution in [3.8, 4) is 5.75 Å². The molecule has 0 aromatic heterocycles. The van der Waals surface area contributed by atoms with Crippen LogP contribution in [0, 0.1) is 5.92 Å². The molecule has 1 aromatic rings. The molecule has 0 saturated heterocycles. The van der Waals surface area contributed by atoms with E-state index in [0.717, 1.165) is 0 Å². The molecule has 0 spiro atoms. The summed E-state index contributed by atoms with van der Waals surface area (Å²) in [4.78, 5) is 46.1. The number of hydrogen-bond acceptors (Lipinski definition) is 6. The Labute approximate surface area is 144 Å². The summed E-state index contributed by atoms with van der Waals surface area (Å²) in [5.41, 5.74) is 5.12. The first-order valence-corrected chi connectivity index (χ1v) is 7.45. The van der Waals surface area contributed by atoms with Crippen LogP contribution in [0.15, 0.2) is 24.3 Å². The monoisotopic (exact) mass is 351 g/mol. The Morgan fingerprint density at radius 1 is 1.12 bits per heavy atom. The topological polar surface area (TPSA) is 137 Å². The summed E-state index contributed by atoms with van der Waals surface area (Å²) in [6, 6.07) is 4.33. The van der Waals surface area contributed by atoms with Gasteiger partial charge in [0, 0.05) is 5.56 Å². The molecular formula is C16H21N3O6. The van der Waals surface area contributed by atoms with Crippen LogP contribution in [-0.4, -0.2) is 43.6 Å². The molecule has 1 rings (SSSR count). The first kappa shape index (κ1) is 19.9. The molecule has 4 N–H and O–H groups in total. The lowest BCUT2D eigenvalue weighted by Gasteiger charge is -2.20. The molecule has 1 atom stereocenters. The van der Waals surface area contributed by atoms with Crippen molar-refractivity contribution in [1.82, 2.24) is 10.6 Å². The van der Waals surface area contributed by atoms with Gasteiger partial charge >= 0.3 is 12.0 Å². The highest BCUT2D eigenvalue weighted by atomic mass is 16.5. The van der Waals surface area contributed by atoms with Gasteiger partial charge in [0.25, 0.3) is 11.8 Å². The second-order valence-electron chi connectivity index (χ2n) is 5.44. The third kappa shape index (κ3) is 6.50. The van der Waals surface area contributed by atoms with Gasteiger partial charge in [0.05, 0.1) is 7.11 Å². The molecular weight excluding hydrogens is 330 g/mol. The van der Waals surface area contributed by atoms with E-state index in [-0.39, 0.29) is 5.92 Å². The van der Waals surface area contributed by atoms with Crippen LogP contribution in [0.5, 0.6) is 5.75 Å². The number of rotatable bonds is 7. The predicted molar refractivity (Wildman–Crippen MR) is 87.8 cm³/mol. The van der Waals surface area contributed by atoms with Crippen LogP contribution < -0.4 is 21.1 Å². The van der Waals surface area contributed by atoms with Crippen LogP contribution in [0.1, 0.15) is 24.2 Å². The maximum absolute atomic E-state index is 12.2. The lowest BCUT2D eigenvalue weighted by atomic mass is 10.0. The highest BCUT2D eigenvalue weighted by Gasteiger charge is 2.26. The van der Waals surface area contributed by atoms with Crippen LogP contribution in [-0.2, 0) is 14.3 Å². The van der Waals surface area contributed by atoms with Crippen molar-refractivity contribution in [1.29, 1.82) is 0 Å². The summed E-state index contributed by atoms with van der Waals surface area (Å²) < 4.78 is 9.82. The molecule has 9 nitrogen and oxygen atoms in total. The molecule has 4 amide bonds. The number of imide groups is 1. The van der Waals surface area contributed by atoms with Crippen LogP contribution in [0.4, 0.5) is 4.79 Å². The minimum atomic E-state index is -1.05. The highest BCUT2D eigenvalue weighted by molar-refractivity contribution is 5.98. The number of nitrogens with one attached hydrogen (secondary N) is 2. The van der Waals surface area contributed by atoms with E-state index in [1.54, 1.807) is 43.4 Å². The van der Waals surface area contributed by atoms with Crippen molar-refractivity contribution < 1.29 is 28.7 Å². The normalized spacial score (nSPS) is 11.4. The minimum Gasteiger partial charge on any atom is -0.497 e. The number of benzene rings is 1. The maximum Gasteiger partial charge on any atom is 0.329 e. The summed E-state index contributed by atoms with van der Waals surface area (Å²) in [7, 11) is 1.51. The SMILES string of the molecule is COc1ccc(C(=O)N[C@H](C(=O)OCC(=O)NC(N)=O)C(C)C)cc1. The highest BCUT2D eigenvalue weighted by Crippen LogP contribution is 2.12. The van der Waals surface area contributed by atoms with Gasteiger partial charge in [-0.1, -0.05) is 13.8 Å². The Morgan fingerprint density at radius 2 is 1.72 bits per heavy atom. The molecule has 1 aromatic carbocycles. The van der Waals surface area contributed by atoms with Crippen LogP contribution in [0.2, 0.25) is 0 Å². The molecule has 0 bridgehead atoms. The molecule has 0 saturated carbocycles. The second kappa shape index (κ2) is 9.26. The van der Waals surface area contributed by atoms with E-state index in [0.29, 0.717) is 11.3 Å². The van der Waals surface area contributed by atoms with E-state index in [1.165, 1.54) is 7.11 Å². The average Bonchev–Trinajstić information content (AvgIpc) is 2.56. The zero-order valence-electron chi connectivity index (χ0n) is 14.2. The Kier molecular flexibility index (Phi) is 7.39. The number of primary amides is 1. The molecule has 9 heteroatoms. The summed E-state index contributed by atoms with van der Waals surface area (Å²) in [5, 5.41) is 4.32. The molecule has 0 aliphatic heterocycles. The number of nitrogens with two attached hydrogens (primary N) is 1. The number of amides is 4. The summed E-state index contributed by atoms with van der Waals surface area (Å²) >= 11 is 0. The van der Waals surface area contributed by atoms with E-state index in [2.05, 4.69) is 5.32 Å². The molecule has 0 heterocycles. The molecule has 0 aliphatic carbocycles. The van der Waals surface area contributed by atoms with E-state index in [1.807, 2.05) is 0 Å². The van der Waals surface area contributed by atoms with Crippen molar-refractivity contribution in [2.24, 2.45) is 11.7 Å². The van der Waals surface area contributed by atoms with Gasteiger partial charge in [0.15, 0.2) is 6.61 Å². The first-order chi connectivity index (χ1) is 11.7. The Morgan fingerprint density at radius 3 is 2.20 bits per heavy atom. The molecule has 0 aliphatic rings. The van der Waals surface area contributed by atoms with Crippen molar-refractivity contribution in [3.63, 3.8) is 0 Å². The van der Waals surface area contributed by atoms with Gasteiger partial charge in [0.2, 0.25) is 0 Å². The number of esters is 1. The van der Waals surface area contributed by atoms with Gasteiger partial charge in [-0.3, -0.25) is 14.9 Å². The fraction of sp³-hybridized carbons (Fsp3) is 0.375. The maximum atomic E-state index is 12.2. The summed E-state index contributed by atoms with van der Waals surface area (Å²) in [6.07, 6.45) is 0. The molecule has 0 fully saturated rings. The lowest BCUT2D eigenvalue weighted by Crippen LogP contribution is -2.46. The van der Waals surface area contributed by atoms with E-state index in [4.69, 9.17) is 15.2 Å². The molecule has 25 heavy (non-hydrogen) atoms. The average molecular weight is 351 g/mol. The van der Waals surface area contributed by atoms with Gasteiger partial charge in [-0.25, -0.2) is 9.59 Å². The van der Waals surface area contributed by atoms with Crippen LogP contribution in [0.25, 0.3) is 0 Å². The molecule has 136 valence electrons. The largest absolute Gasteiger partial charge is 0.497 e. The van der Waals surface area contributed by atoms with Gasteiger partial charge < -0.3 is 20.5 Å². The first-order valence-electron chi connectivity index (χ1n) is 7.45. The van der Waals surface area contributed by atoms with E-state index < -0.39 is 36.5 Å². The molecule has 0 radical (unpaired) electrons. The van der Waals surface area contributed by atoms with Crippen molar-refractivity contribution >= 4 is 23.8 Å². The zero-order chi connectivity index (χ0) is 19.0. The number of urea groups is 1. The Hall–Kier alpha value is -3.10. The van der Waals surface area contributed by atoms with Crippen LogP contribution >= 0.6 is 0 Å². The number of carbonyl (C=O) groups is 4. The number of methoxy groups -OCH3 is 1. The standard InChI is InChI=1S/C16H21N3O6/c1-9(2)13(15(22)25-8-12(20)18-16(17)23)19-14(21)10-4-6-11(24-3)7-5-10/h4-7,9,13H,8H2,1-3H3,(H,19,21)(H3,17,18,20,23)/t13-/m0/s1. The fourth-order valence-corrected chi connectivity index (χ4v) is 1.86. The summed E-state index contributed by atoms with van der Waals surface area (Å²) in [6.45, 7) is 2.75. The predicted octanol–water partition coefficient (Wildman–Crippen LogP) is 0.188. The van der Waals surface area contributed by atoms with Gasteiger partial charge in [-0.15, -0.1) is 0 Å². The fourth-order valence-electron chi connectivity index (χ4n) is 1.86. The Bertz CT molecular complexity index is 642. The van der Waals surface area contributed by atoms with E-state index >= 15 is 0 Å². The smallest absolute Gasteiger partial charge is 0.329 e.